The van der Waals surface area contributed by atoms with Crippen LogP contribution in [0.3, 0.4) is 0 Å². The summed E-state index contributed by atoms with van der Waals surface area (Å²) in [6.45, 7) is 9.82. The lowest BCUT2D eigenvalue weighted by atomic mass is 10.2. The number of rotatable bonds is 5. The van der Waals surface area contributed by atoms with Crippen LogP contribution in [-0.2, 0) is 14.0 Å². The second kappa shape index (κ2) is 6.16. The van der Waals surface area contributed by atoms with Gasteiger partial charge >= 0.3 is 6.09 Å². The molecule has 0 bridgehead atoms. The molecule has 0 aliphatic rings. The molecule has 0 spiro atoms. The number of ether oxygens (including phenoxy) is 1. The van der Waals surface area contributed by atoms with E-state index in [4.69, 9.17) is 16.0 Å². The van der Waals surface area contributed by atoms with Gasteiger partial charge in [-0.05, 0) is 18.1 Å². The van der Waals surface area contributed by atoms with E-state index in [1.807, 2.05) is 39.3 Å². The molecular formula is C10H23N3O4Si. The number of nitrogens with one attached hydrogen (secondary N) is 1. The first-order chi connectivity index (χ1) is 8.01. The molecule has 2 amide bonds. The van der Waals surface area contributed by atoms with E-state index in [0.29, 0.717) is 0 Å². The van der Waals surface area contributed by atoms with E-state index >= 15 is 0 Å². The van der Waals surface area contributed by atoms with Crippen LogP contribution >= 0.6 is 0 Å². The first-order valence-electron chi connectivity index (χ1n) is 5.62. The maximum Gasteiger partial charge on any atom is 0.404 e. The molecule has 7 nitrogen and oxygen atoms in total. The minimum absolute atomic E-state index is 0.0765. The lowest BCUT2D eigenvalue weighted by Gasteiger charge is -2.38. The summed E-state index contributed by atoms with van der Waals surface area (Å²) in [5.74, 6) is 4.53. The van der Waals surface area contributed by atoms with Crippen molar-refractivity contribution < 1.29 is 18.8 Å². The van der Waals surface area contributed by atoms with Gasteiger partial charge in [0.1, 0.15) is 6.61 Å². The number of hydrogen-bond acceptors (Lipinski definition) is 5. The maximum atomic E-state index is 11.6. The Hall–Kier alpha value is -1.12. The monoisotopic (exact) mass is 277 g/mol. The van der Waals surface area contributed by atoms with Crippen LogP contribution in [0.2, 0.25) is 18.1 Å². The molecule has 0 saturated heterocycles. The Morgan fingerprint density at radius 3 is 2.17 bits per heavy atom. The van der Waals surface area contributed by atoms with Crippen molar-refractivity contribution in [2.24, 2.45) is 11.6 Å². The van der Waals surface area contributed by atoms with E-state index in [0.717, 1.165) is 0 Å². The lowest BCUT2D eigenvalue weighted by Crippen LogP contribution is -2.51. The van der Waals surface area contributed by atoms with Gasteiger partial charge in [-0.1, -0.05) is 20.8 Å². The molecule has 106 valence electrons. The Balaban J connectivity index is 4.79. The fourth-order valence-corrected chi connectivity index (χ4v) is 2.19. The predicted molar refractivity (Wildman–Crippen MR) is 69.9 cm³/mol. The maximum absolute atomic E-state index is 11.6. The van der Waals surface area contributed by atoms with Gasteiger partial charge in [0.05, 0.1) is 0 Å². The normalized spacial score (nSPS) is 13.9. The highest BCUT2D eigenvalue weighted by Crippen LogP contribution is 2.37. The average molecular weight is 277 g/mol. The van der Waals surface area contributed by atoms with Crippen LogP contribution in [0.25, 0.3) is 0 Å². The van der Waals surface area contributed by atoms with E-state index in [1.165, 1.54) is 0 Å². The van der Waals surface area contributed by atoms with Gasteiger partial charge in [0, 0.05) is 0 Å². The van der Waals surface area contributed by atoms with E-state index < -0.39 is 26.4 Å². The second-order valence-electron chi connectivity index (χ2n) is 5.51. The Kier molecular flexibility index (Phi) is 5.78. The third-order valence-electron chi connectivity index (χ3n) is 3.05. The summed E-state index contributed by atoms with van der Waals surface area (Å²) >= 11 is 0. The van der Waals surface area contributed by atoms with E-state index in [1.54, 1.807) is 0 Å². The highest BCUT2D eigenvalue weighted by atomic mass is 28.4. The molecule has 8 heteroatoms. The smallest absolute Gasteiger partial charge is 0.404 e. The van der Waals surface area contributed by atoms with Crippen LogP contribution in [0.15, 0.2) is 0 Å². The zero-order valence-electron chi connectivity index (χ0n) is 11.6. The van der Waals surface area contributed by atoms with Gasteiger partial charge in [0.25, 0.3) is 5.91 Å². The van der Waals surface area contributed by atoms with E-state index in [2.05, 4.69) is 4.74 Å². The highest BCUT2D eigenvalue weighted by molar-refractivity contribution is 6.74. The molecule has 0 unspecified atom stereocenters. The molecule has 0 fully saturated rings. The van der Waals surface area contributed by atoms with Crippen LogP contribution < -0.4 is 17.0 Å². The summed E-state index contributed by atoms with van der Waals surface area (Å²) in [5.41, 5.74) is 6.85. The molecule has 0 radical (unpaired) electrons. The minimum atomic E-state index is -2.17. The van der Waals surface area contributed by atoms with Gasteiger partial charge in [-0.3, -0.25) is 10.2 Å². The van der Waals surface area contributed by atoms with Crippen LogP contribution in [-0.4, -0.2) is 33.0 Å². The van der Waals surface area contributed by atoms with Crippen molar-refractivity contribution in [1.82, 2.24) is 5.43 Å². The summed E-state index contributed by atoms with van der Waals surface area (Å²) in [5, 5.41) is -0.0765. The first kappa shape index (κ1) is 16.9. The molecule has 0 aliphatic carbocycles. The van der Waals surface area contributed by atoms with Crippen LogP contribution in [0, 0.1) is 0 Å². The molecular weight excluding hydrogens is 254 g/mol. The topological polar surface area (TPSA) is 117 Å². The fraction of sp³-hybridized carbons (Fsp3) is 0.800. The second-order valence-corrected chi connectivity index (χ2v) is 10.3. The number of carbonyl (C=O) groups excluding carboxylic acids is 2. The molecule has 18 heavy (non-hydrogen) atoms. The third-order valence-corrected chi connectivity index (χ3v) is 7.54. The van der Waals surface area contributed by atoms with Gasteiger partial charge in [-0.15, -0.1) is 0 Å². The summed E-state index contributed by atoms with van der Waals surface area (Å²) in [6, 6.07) is 0. The zero-order chi connectivity index (χ0) is 14.6. The van der Waals surface area contributed by atoms with Crippen LogP contribution in [0.4, 0.5) is 4.79 Å². The van der Waals surface area contributed by atoms with Gasteiger partial charge < -0.3 is 14.9 Å². The van der Waals surface area contributed by atoms with Crippen molar-refractivity contribution in [3.05, 3.63) is 0 Å². The lowest BCUT2D eigenvalue weighted by molar-refractivity contribution is -0.130. The van der Waals surface area contributed by atoms with Crippen molar-refractivity contribution >= 4 is 20.3 Å². The SMILES string of the molecule is CC(C)(C)[Si](C)(C)O[C@@H](COC(N)=O)C(=O)NN. The largest absolute Gasteiger partial charge is 0.446 e. The standard InChI is InChI=1S/C10H23N3O4Si/c1-10(2,3)18(4,5)17-7(8(14)13-12)6-16-9(11)15/h7H,6,12H2,1-5H3,(H2,11,15)(H,13,14)/t7-/m0/s1. The number of nitrogens with two attached hydrogens (primary N) is 2. The Labute approximate surface area is 108 Å². The molecule has 0 rings (SSSR count). The summed E-state index contributed by atoms with van der Waals surface area (Å²) < 4.78 is 10.4. The van der Waals surface area contributed by atoms with Crippen molar-refractivity contribution in [2.45, 2.75) is 45.0 Å². The molecule has 1 atom stereocenters. The molecule has 0 saturated carbocycles. The molecule has 0 aromatic rings. The van der Waals surface area contributed by atoms with E-state index in [-0.39, 0.29) is 11.6 Å². The average Bonchev–Trinajstić information content (AvgIpc) is 2.21. The number of hydrazine groups is 1. The number of hydrogen-bond donors (Lipinski definition) is 3. The highest BCUT2D eigenvalue weighted by Gasteiger charge is 2.41. The van der Waals surface area contributed by atoms with E-state index in [9.17, 15) is 9.59 Å². The molecule has 0 aromatic carbocycles. The fourth-order valence-electron chi connectivity index (χ4n) is 0.946. The Morgan fingerprint density at radius 1 is 1.33 bits per heavy atom. The number of primary amides is 1. The predicted octanol–water partition coefficient (Wildman–Crippen LogP) is 0.462. The zero-order valence-corrected chi connectivity index (χ0v) is 12.6. The molecule has 0 aromatic heterocycles. The summed E-state index contributed by atoms with van der Waals surface area (Å²) in [6.07, 6.45) is -1.90. The van der Waals surface area contributed by atoms with Crippen LogP contribution in [0.5, 0.6) is 0 Å². The quantitative estimate of drug-likeness (QED) is 0.292. The number of carbonyl (C=O) groups is 2. The van der Waals surface area contributed by atoms with Gasteiger partial charge in [0.2, 0.25) is 0 Å². The van der Waals surface area contributed by atoms with Crippen molar-refractivity contribution in [3.8, 4) is 0 Å². The Bertz CT molecular complexity index is 315. The van der Waals surface area contributed by atoms with Crippen molar-refractivity contribution in [1.29, 1.82) is 0 Å². The van der Waals surface area contributed by atoms with Gasteiger partial charge in [-0.25, -0.2) is 10.6 Å². The minimum Gasteiger partial charge on any atom is -0.446 e. The summed E-state index contributed by atoms with van der Waals surface area (Å²) in [4.78, 5) is 22.1. The van der Waals surface area contributed by atoms with Crippen molar-refractivity contribution in [3.63, 3.8) is 0 Å². The van der Waals surface area contributed by atoms with Gasteiger partial charge in [-0.2, -0.15) is 0 Å². The van der Waals surface area contributed by atoms with Crippen LogP contribution in [0.1, 0.15) is 20.8 Å². The molecule has 0 heterocycles. The number of amides is 2. The van der Waals surface area contributed by atoms with Crippen molar-refractivity contribution in [2.75, 3.05) is 6.61 Å². The van der Waals surface area contributed by atoms with Gasteiger partial charge in [0.15, 0.2) is 14.4 Å². The Morgan fingerprint density at radius 2 is 1.83 bits per heavy atom. The summed E-state index contributed by atoms with van der Waals surface area (Å²) in [7, 11) is -2.17. The molecule has 0 aliphatic heterocycles. The first-order valence-corrected chi connectivity index (χ1v) is 8.52. The molecule has 5 N–H and O–H groups in total. The third kappa shape index (κ3) is 5.03.